The molecule has 0 atom stereocenters. The van der Waals surface area contributed by atoms with Gasteiger partial charge in [0.1, 0.15) is 0 Å². The first-order valence-corrected chi connectivity index (χ1v) is 12.9. The summed E-state index contributed by atoms with van der Waals surface area (Å²) >= 11 is 0. The zero-order valence-corrected chi connectivity index (χ0v) is 16.6. The molecule has 0 fully saturated rings. The zero-order chi connectivity index (χ0) is 19.2. The van der Waals surface area contributed by atoms with Crippen molar-refractivity contribution < 1.29 is 37.5 Å². The molecule has 2 aromatic rings. The molecule has 0 saturated heterocycles. The second kappa shape index (κ2) is 9.47. The lowest BCUT2D eigenvalue weighted by atomic mass is 10.3. The molecule has 146 valence electrons. The molecule has 12 nitrogen and oxygen atoms in total. The Morgan fingerprint density at radius 2 is 1.12 bits per heavy atom. The predicted molar refractivity (Wildman–Crippen MR) is 90.8 cm³/mol. The Hall–Kier alpha value is -0.720. The second-order valence-electron chi connectivity index (χ2n) is 5.07. The minimum Gasteiger partial charge on any atom is -0.415 e. The molecular formula is C10H16N4O8P2S2. The van der Waals surface area contributed by atoms with Crippen LogP contribution in [0, 0.1) is 0 Å². The lowest BCUT2D eigenvalue weighted by Gasteiger charge is -2.00. The maximum Gasteiger partial charge on any atom is 0.325 e. The lowest BCUT2D eigenvalue weighted by molar-refractivity contribution is 0.366. The van der Waals surface area contributed by atoms with E-state index >= 15 is 0 Å². The Labute approximate surface area is 155 Å². The average molecular weight is 446 g/mol. The topological polar surface area (TPSA) is 193 Å². The molecule has 0 spiro atoms. The molecule has 0 aliphatic heterocycles. The number of hydrogen-bond donors (Lipinski definition) is 4. The van der Waals surface area contributed by atoms with Crippen LogP contribution in [-0.2, 0) is 22.0 Å². The standard InChI is InChI=1S/C10H16N4O8P2S2/c15-23(16,17)5-1-3-7-11-13-9(21-7)25-26-10-14-12-8(22-10)4-2-6-24(18,19)20/h1-6H2,(H2,15,16,17)(H2,18,19,20). The molecule has 0 bridgehead atoms. The summed E-state index contributed by atoms with van der Waals surface area (Å²) in [5.41, 5.74) is 0. The van der Waals surface area contributed by atoms with Crippen LogP contribution in [0.1, 0.15) is 24.6 Å². The first-order chi connectivity index (χ1) is 12.1. The van der Waals surface area contributed by atoms with Gasteiger partial charge in [0.25, 0.3) is 10.4 Å². The fourth-order valence-electron chi connectivity index (χ4n) is 1.69. The van der Waals surface area contributed by atoms with E-state index in [9.17, 15) is 9.13 Å². The zero-order valence-electron chi connectivity index (χ0n) is 13.2. The summed E-state index contributed by atoms with van der Waals surface area (Å²) < 4.78 is 32.2. The molecular weight excluding hydrogens is 430 g/mol. The molecule has 0 unspecified atom stereocenters. The monoisotopic (exact) mass is 446 g/mol. The van der Waals surface area contributed by atoms with E-state index in [0.29, 0.717) is 0 Å². The lowest BCUT2D eigenvalue weighted by Crippen LogP contribution is -1.92. The molecule has 4 N–H and O–H groups in total. The van der Waals surface area contributed by atoms with Crippen molar-refractivity contribution in [1.29, 1.82) is 0 Å². The summed E-state index contributed by atoms with van der Waals surface area (Å²) in [6, 6.07) is 0. The summed E-state index contributed by atoms with van der Waals surface area (Å²) in [6.07, 6.45) is 0.469. The van der Waals surface area contributed by atoms with Gasteiger partial charge in [0.2, 0.25) is 11.8 Å². The Morgan fingerprint density at radius 1 is 0.731 bits per heavy atom. The molecule has 0 radical (unpaired) electrons. The molecule has 0 aliphatic rings. The van der Waals surface area contributed by atoms with Crippen molar-refractivity contribution in [2.45, 2.75) is 36.1 Å². The predicted octanol–water partition coefficient (Wildman–Crippen LogP) is 1.47. The van der Waals surface area contributed by atoms with Gasteiger partial charge in [0.15, 0.2) is 0 Å². The van der Waals surface area contributed by atoms with Crippen molar-refractivity contribution in [3.05, 3.63) is 11.8 Å². The Morgan fingerprint density at radius 3 is 1.46 bits per heavy atom. The number of rotatable bonds is 11. The highest BCUT2D eigenvalue weighted by molar-refractivity contribution is 8.76. The van der Waals surface area contributed by atoms with E-state index in [-0.39, 0.29) is 60.2 Å². The number of aryl methyl sites for hydroxylation is 2. The number of hydrogen-bond acceptors (Lipinski definition) is 10. The molecule has 0 aromatic carbocycles. The van der Waals surface area contributed by atoms with Gasteiger partial charge in [-0.15, -0.1) is 20.4 Å². The molecule has 2 heterocycles. The van der Waals surface area contributed by atoms with E-state index in [1.165, 1.54) is 0 Å². The van der Waals surface area contributed by atoms with Crippen molar-refractivity contribution in [3.63, 3.8) is 0 Å². The van der Waals surface area contributed by atoms with Gasteiger partial charge in [0.05, 0.1) is 12.3 Å². The van der Waals surface area contributed by atoms with Gasteiger partial charge in [0, 0.05) is 34.4 Å². The van der Waals surface area contributed by atoms with E-state index in [4.69, 9.17) is 28.4 Å². The first kappa shape index (κ1) is 21.6. The van der Waals surface area contributed by atoms with E-state index in [1.54, 1.807) is 0 Å². The van der Waals surface area contributed by atoms with Crippen LogP contribution in [0.25, 0.3) is 0 Å². The maximum atomic E-state index is 10.8. The molecule has 2 rings (SSSR count). The molecule has 2 aromatic heterocycles. The van der Waals surface area contributed by atoms with Gasteiger partial charge in [-0.1, -0.05) is 0 Å². The van der Waals surface area contributed by atoms with Gasteiger partial charge < -0.3 is 28.4 Å². The summed E-state index contributed by atoms with van der Waals surface area (Å²) in [4.78, 5) is 35.1. The van der Waals surface area contributed by atoms with Gasteiger partial charge in [-0.2, -0.15) is 0 Å². The number of aromatic nitrogens is 4. The van der Waals surface area contributed by atoms with Crippen LogP contribution < -0.4 is 0 Å². The van der Waals surface area contributed by atoms with Gasteiger partial charge in [-0.3, -0.25) is 9.13 Å². The van der Waals surface area contributed by atoms with Crippen molar-refractivity contribution in [2.75, 3.05) is 12.3 Å². The normalized spacial score (nSPS) is 12.6. The minimum atomic E-state index is -4.03. The van der Waals surface area contributed by atoms with E-state index in [1.807, 2.05) is 0 Å². The van der Waals surface area contributed by atoms with Crippen molar-refractivity contribution in [3.8, 4) is 0 Å². The maximum absolute atomic E-state index is 10.8. The Kier molecular flexibility index (Phi) is 7.86. The van der Waals surface area contributed by atoms with E-state index in [2.05, 4.69) is 20.4 Å². The molecule has 26 heavy (non-hydrogen) atoms. The fraction of sp³-hybridized carbons (Fsp3) is 0.600. The number of nitrogens with zero attached hydrogens (tertiary/aromatic N) is 4. The third-order valence-corrected chi connectivity index (χ3v) is 6.36. The largest absolute Gasteiger partial charge is 0.415 e. The first-order valence-electron chi connectivity index (χ1n) is 7.19. The van der Waals surface area contributed by atoms with Gasteiger partial charge in [-0.25, -0.2) is 0 Å². The van der Waals surface area contributed by atoms with Crippen LogP contribution in [0.15, 0.2) is 19.3 Å². The summed E-state index contributed by atoms with van der Waals surface area (Å²) in [5, 5.41) is 15.6. The Balaban J connectivity index is 1.74. The summed E-state index contributed by atoms with van der Waals surface area (Å²) in [7, 11) is -5.91. The van der Waals surface area contributed by atoms with Crippen molar-refractivity contribution in [2.24, 2.45) is 0 Å². The van der Waals surface area contributed by atoms with E-state index in [0.717, 1.165) is 21.6 Å². The minimum absolute atomic E-state index is 0.224. The average Bonchev–Trinajstić information content (AvgIpc) is 3.12. The third-order valence-electron chi connectivity index (χ3n) is 2.76. The third kappa shape index (κ3) is 8.78. The quantitative estimate of drug-likeness (QED) is 0.286. The van der Waals surface area contributed by atoms with E-state index < -0.39 is 15.2 Å². The van der Waals surface area contributed by atoms with Crippen LogP contribution in [0.5, 0.6) is 0 Å². The van der Waals surface area contributed by atoms with Gasteiger partial charge >= 0.3 is 15.2 Å². The van der Waals surface area contributed by atoms with Crippen LogP contribution in [0.3, 0.4) is 0 Å². The second-order valence-corrected chi connectivity index (χ2v) is 10.7. The highest BCUT2D eigenvalue weighted by atomic mass is 33.1. The molecule has 0 amide bonds. The highest BCUT2D eigenvalue weighted by Gasteiger charge is 2.16. The summed E-state index contributed by atoms with van der Waals surface area (Å²) in [5.74, 6) is 0.537. The SMILES string of the molecule is O=P(O)(O)CCCc1nnc(SSc2nnc(CCCP(=O)(O)O)o2)o1. The van der Waals surface area contributed by atoms with Crippen LogP contribution in [0.2, 0.25) is 0 Å². The molecule has 0 aliphatic carbocycles. The smallest absolute Gasteiger partial charge is 0.325 e. The fourth-order valence-corrected chi connectivity index (χ4v) is 4.21. The van der Waals surface area contributed by atoms with Gasteiger partial charge in [-0.05, 0) is 12.8 Å². The van der Waals surface area contributed by atoms with Crippen LogP contribution >= 0.6 is 36.8 Å². The molecule has 16 heteroatoms. The summed E-state index contributed by atoms with van der Waals surface area (Å²) in [6.45, 7) is 0. The van der Waals surface area contributed by atoms with Crippen LogP contribution in [-0.4, -0.2) is 52.3 Å². The van der Waals surface area contributed by atoms with Crippen LogP contribution in [0.4, 0.5) is 0 Å². The Bertz CT molecular complexity index is 736. The molecule has 0 saturated carbocycles. The highest BCUT2D eigenvalue weighted by Crippen LogP contribution is 2.38. The van der Waals surface area contributed by atoms with Crippen molar-refractivity contribution >= 4 is 36.8 Å². The van der Waals surface area contributed by atoms with Crippen molar-refractivity contribution in [1.82, 2.24) is 20.4 Å².